The van der Waals surface area contributed by atoms with Gasteiger partial charge >= 0.3 is 0 Å². The molecule has 0 spiro atoms. The molecule has 0 radical (unpaired) electrons. The van der Waals surface area contributed by atoms with E-state index in [4.69, 9.17) is 4.74 Å². The van der Waals surface area contributed by atoms with E-state index in [1.165, 1.54) is 16.2 Å². The average molecular weight is 269 g/mol. The Bertz CT molecular complexity index is 322. The molecule has 1 rings (SSSR count). The van der Waals surface area contributed by atoms with Gasteiger partial charge in [-0.3, -0.25) is 0 Å². The molecule has 0 bridgehead atoms. The summed E-state index contributed by atoms with van der Waals surface area (Å²) in [4.78, 5) is 2.93. The molecule has 0 aromatic carbocycles. The Morgan fingerprint density at radius 3 is 2.61 bits per heavy atom. The molecule has 0 aliphatic carbocycles. The molecule has 18 heavy (non-hydrogen) atoms. The van der Waals surface area contributed by atoms with Gasteiger partial charge < -0.3 is 10.1 Å². The van der Waals surface area contributed by atoms with Gasteiger partial charge in [-0.2, -0.15) is 0 Å². The van der Waals surface area contributed by atoms with E-state index in [0.717, 1.165) is 26.0 Å². The fourth-order valence-corrected chi connectivity index (χ4v) is 2.76. The summed E-state index contributed by atoms with van der Waals surface area (Å²) in [6, 6.07) is 4.97. The number of rotatable bonds is 9. The molecule has 0 fully saturated rings. The smallest absolute Gasteiger partial charge is 0.0518 e. The van der Waals surface area contributed by atoms with E-state index in [0.29, 0.717) is 12.1 Å². The summed E-state index contributed by atoms with van der Waals surface area (Å²) in [5.74, 6) is 0. The molecule has 1 aromatic heterocycles. The van der Waals surface area contributed by atoms with Crippen molar-refractivity contribution in [1.82, 2.24) is 5.32 Å². The molecule has 1 N–H and O–H groups in total. The van der Waals surface area contributed by atoms with Crippen molar-refractivity contribution in [2.45, 2.75) is 59.1 Å². The summed E-state index contributed by atoms with van der Waals surface area (Å²) < 4.78 is 5.53. The minimum Gasteiger partial charge on any atom is -0.379 e. The minimum absolute atomic E-state index is 0.357. The van der Waals surface area contributed by atoms with Crippen LogP contribution in [0, 0.1) is 0 Å². The van der Waals surface area contributed by atoms with Crippen LogP contribution in [0.3, 0.4) is 0 Å². The molecule has 0 saturated carbocycles. The summed E-state index contributed by atoms with van der Waals surface area (Å²) in [7, 11) is 0. The summed E-state index contributed by atoms with van der Waals surface area (Å²) in [5.41, 5.74) is 0. The molecule has 3 heteroatoms. The van der Waals surface area contributed by atoms with Gasteiger partial charge in [0.25, 0.3) is 0 Å². The van der Waals surface area contributed by atoms with Crippen LogP contribution in [0.2, 0.25) is 0 Å². The van der Waals surface area contributed by atoms with Gasteiger partial charge in [-0.15, -0.1) is 11.3 Å². The first-order valence-corrected chi connectivity index (χ1v) is 7.88. The molecule has 104 valence electrons. The third-order valence-electron chi connectivity index (χ3n) is 2.93. The predicted molar refractivity (Wildman–Crippen MR) is 80.4 cm³/mol. The number of aryl methyl sites for hydroxylation is 1. The topological polar surface area (TPSA) is 21.3 Å². The van der Waals surface area contributed by atoms with E-state index >= 15 is 0 Å². The number of hydrogen-bond donors (Lipinski definition) is 1. The highest BCUT2D eigenvalue weighted by Gasteiger charge is 2.07. The molecule has 0 aliphatic heterocycles. The van der Waals surface area contributed by atoms with Crippen molar-refractivity contribution in [3.63, 3.8) is 0 Å². The monoisotopic (exact) mass is 269 g/mol. The van der Waals surface area contributed by atoms with Crippen LogP contribution in [-0.2, 0) is 11.2 Å². The van der Waals surface area contributed by atoms with E-state index in [9.17, 15) is 0 Å². The van der Waals surface area contributed by atoms with Gasteiger partial charge in [0.15, 0.2) is 0 Å². The maximum Gasteiger partial charge on any atom is 0.0518 e. The number of hydrogen-bond acceptors (Lipinski definition) is 3. The lowest BCUT2D eigenvalue weighted by atomic mass is 10.2. The zero-order valence-corrected chi connectivity index (χ0v) is 13.0. The second kappa shape index (κ2) is 8.68. The van der Waals surface area contributed by atoms with Crippen LogP contribution in [0.25, 0.3) is 0 Å². The van der Waals surface area contributed by atoms with E-state index in [1.807, 2.05) is 11.3 Å². The van der Waals surface area contributed by atoms with Crippen LogP contribution in [0.4, 0.5) is 0 Å². The lowest BCUT2D eigenvalue weighted by molar-refractivity contribution is 0.0759. The van der Waals surface area contributed by atoms with Crippen molar-refractivity contribution >= 4 is 11.3 Å². The van der Waals surface area contributed by atoms with Crippen LogP contribution >= 0.6 is 11.3 Å². The first-order chi connectivity index (χ1) is 8.63. The Hall–Kier alpha value is -0.380. The Labute approximate surface area is 116 Å². The van der Waals surface area contributed by atoms with Gasteiger partial charge in [-0.25, -0.2) is 0 Å². The van der Waals surface area contributed by atoms with Gasteiger partial charge in [-0.05, 0) is 58.7 Å². The standard InChI is InChI=1S/C15H27NOS/c1-5-14-8-9-15(18-14)13(4)16-10-6-7-11-17-12(2)3/h8-9,12-13,16H,5-7,10-11H2,1-4H3. The molecule has 1 unspecified atom stereocenters. The van der Waals surface area contributed by atoms with Gasteiger partial charge in [0.1, 0.15) is 0 Å². The van der Waals surface area contributed by atoms with E-state index < -0.39 is 0 Å². The molecule has 0 aliphatic rings. The van der Waals surface area contributed by atoms with Crippen molar-refractivity contribution in [2.75, 3.05) is 13.2 Å². The molecule has 0 amide bonds. The lowest BCUT2D eigenvalue weighted by Crippen LogP contribution is -2.19. The van der Waals surface area contributed by atoms with Crippen LogP contribution in [0.15, 0.2) is 12.1 Å². The fourth-order valence-electron chi connectivity index (χ4n) is 1.78. The Morgan fingerprint density at radius 1 is 1.22 bits per heavy atom. The van der Waals surface area contributed by atoms with Crippen molar-refractivity contribution < 1.29 is 4.74 Å². The maximum atomic E-state index is 5.53. The Balaban J connectivity index is 2.11. The summed E-state index contributed by atoms with van der Waals surface area (Å²) >= 11 is 1.93. The molecular weight excluding hydrogens is 242 g/mol. The predicted octanol–water partition coefficient (Wildman–Crippen LogP) is 4.17. The molecule has 1 aromatic rings. The average Bonchev–Trinajstić information content (AvgIpc) is 2.81. The van der Waals surface area contributed by atoms with Crippen LogP contribution < -0.4 is 5.32 Å². The zero-order chi connectivity index (χ0) is 13.4. The van der Waals surface area contributed by atoms with Gasteiger partial charge in [0.05, 0.1) is 6.10 Å². The van der Waals surface area contributed by atoms with E-state index in [2.05, 4.69) is 45.1 Å². The van der Waals surface area contributed by atoms with Crippen LogP contribution in [0.5, 0.6) is 0 Å². The highest BCUT2D eigenvalue weighted by atomic mass is 32.1. The number of unbranched alkanes of at least 4 members (excludes halogenated alkanes) is 1. The number of thiophene rings is 1. The summed E-state index contributed by atoms with van der Waals surface area (Å²) in [5, 5.41) is 3.58. The summed E-state index contributed by atoms with van der Waals surface area (Å²) in [6.07, 6.45) is 3.82. The van der Waals surface area contributed by atoms with Gasteiger partial charge in [0.2, 0.25) is 0 Å². The van der Waals surface area contributed by atoms with Crippen LogP contribution in [-0.4, -0.2) is 19.3 Å². The number of ether oxygens (including phenoxy) is 1. The minimum atomic E-state index is 0.357. The molecule has 0 saturated heterocycles. The third kappa shape index (κ3) is 5.98. The Kier molecular flexibility index (Phi) is 7.56. The highest BCUT2D eigenvalue weighted by molar-refractivity contribution is 7.12. The zero-order valence-electron chi connectivity index (χ0n) is 12.2. The first kappa shape index (κ1) is 15.7. The summed E-state index contributed by atoms with van der Waals surface area (Å²) in [6.45, 7) is 10.6. The largest absolute Gasteiger partial charge is 0.379 e. The molecule has 2 nitrogen and oxygen atoms in total. The van der Waals surface area contributed by atoms with Crippen LogP contribution in [0.1, 0.15) is 56.3 Å². The SMILES string of the molecule is CCc1ccc(C(C)NCCCCOC(C)C)s1. The van der Waals surface area contributed by atoms with Crippen molar-refractivity contribution in [3.05, 3.63) is 21.9 Å². The second-order valence-corrected chi connectivity index (χ2v) is 6.16. The van der Waals surface area contributed by atoms with Gasteiger partial charge in [0, 0.05) is 22.4 Å². The van der Waals surface area contributed by atoms with Crippen molar-refractivity contribution in [1.29, 1.82) is 0 Å². The lowest BCUT2D eigenvalue weighted by Gasteiger charge is -2.12. The Morgan fingerprint density at radius 2 is 2.00 bits per heavy atom. The fraction of sp³-hybridized carbons (Fsp3) is 0.733. The molecule has 1 heterocycles. The normalized spacial score (nSPS) is 13.2. The molecular formula is C15H27NOS. The van der Waals surface area contributed by atoms with Crippen molar-refractivity contribution in [3.8, 4) is 0 Å². The third-order valence-corrected chi connectivity index (χ3v) is 4.34. The maximum absolute atomic E-state index is 5.53. The quantitative estimate of drug-likeness (QED) is 0.679. The highest BCUT2D eigenvalue weighted by Crippen LogP contribution is 2.23. The van der Waals surface area contributed by atoms with Gasteiger partial charge in [-0.1, -0.05) is 6.92 Å². The van der Waals surface area contributed by atoms with Crippen molar-refractivity contribution in [2.24, 2.45) is 0 Å². The number of nitrogens with one attached hydrogen (secondary N) is 1. The molecule has 1 atom stereocenters. The van der Waals surface area contributed by atoms with E-state index in [-0.39, 0.29) is 0 Å². The second-order valence-electron chi connectivity index (χ2n) is 4.96. The first-order valence-electron chi connectivity index (χ1n) is 7.07. The van der Waals surface area contributed by atoms with E-state index in [1.54, 1.807) is 0 Å².